The summed E-state index contributed by atoms with van der Waals surface area (Å²) in [5.41, 5.74) is 1.05. The topological polar surface area (TPSA) is 84.5 Å². The molecule has 0 unspecified atom stereocenters. The molecule has 6 nitrogen and oxygen atoms in total. The van der Waals surface area contributed by atoms with Crippen molar-refractivity contribution >= 4 is 29.2 Å². The van der Waals surface area contributed by atoms with Crippen molar-refractivity contribution in [1.82, 2.24) is 0 Å². The number of esters is 1. The van der Waals surface area contributed by atoms with Crippen LogP contribution in [0.1, 0.15) is 36.0 Å². The summed E-state index contributed by atoms with van der Waals surface area (Å²) in [7, 11) is 1.30. The molecule has 152 valence electrons. The van der Waals surface area contributed by atoms with Crippen molar-refractivity contribution in [3.05, 3.63) is 59.9 Å². The summed E-state index contributed by atoms with van der Waals surface area (Å²) in [6.45, 7) is 0. The molecule has 2 aromatic carbocycles. The Balaban J connectivity index is 1.52. The fourth-order valence-electron chi connectivity index (χ4n) is 3.50. The van der Waals surface area contributed by atoms with Gasteiger partial charge in [0.25, 0.3) is 0 Å². The Hall–Kier alpha value is -3.22. The molecule has 0 atom stereocenters. The van der Waals surface area contributed by atoms with Crippen LogP contribution in [0.4, 0.5) is 15.8 Å². The number of halogens is 1. The highest BCUT2D eigenvalue weighted by molar-refractivity contribution is 5.96. The molecular weight excluding hydrogens is 375 g/mol. The lowest BCUT2D eigenvalue weighted by molar-refractivity contribution is -0.125. The van der Waals surface area contributed by atoms with Crippen molar-refractivity contribution in [2.75, 3.05) is 17.7 Å². The van der Waals surface area contributed by atoms with E-state index in [-0.39, 0.29) is 29.3 Å². The predicted molar refractivity (Wildman–Crippen MR) is 107 cm³/mol. The number of ether oxygens (including phenoxy) is 1. The van der Waals surface area contributed by atoms with E-state index in [2.05, 4.69) is 15.4 Å². The first-order valence-corrected chi connectivity index (χ1v) is 9.52. The Kier molecular flexibility index (Phi) is 6.59. The van der Waals surface area contributed by atoms with Crippen LogP contribution < -0.4 is 10.6 Å². The van der Waals surface area contributed by atoms with Gasteiger partial charge in [0, 0.05) is 17.5 Å². The number of carbonyl (C=O) groups excluding carboxylic acids is 3. The van der Waals surface area contributed by atoms with Crippen molar-refractivity contribution < 1.29 is 23.5 Å². The summed E-state index contributed by atoms with van der Waals surface area (Å²) in [4.78, 5) is 36.6. The van der Waals surface area contributed by atoms with Crippen molar-refractivity contribution in [2.45, 2.75) is 25.7 Å². The van der Waals surface area contributed by atoms with E-state index >= 15 is 0 Å². The summed E-state index contributed by atoms with van der Waals surface area (Å²) in [5, 5.41) is 5.45. The minimum Gasteiger partial charge on any atom is -0.465 e. The number of anilines is 2. The van der Waals surface area contributed by atoms with Gasteiger partial charge >= 0.3 is 5.97 Å². The van der Waals surface area contributed by atoms with Crippen molar-refractivity contribution in [2.24, 2.45) is 11.8 Å². The largest absolute Gasteiger partial charge is 0.465 e. The highest BCUT2D eigenvalue weighted by atomic mass is 19.1. The number of methoxy groups -OCH3 is 1. The normalized spacial score (nSPS) is 18.6. The molecule has 1 saturated carbocycles. The highest BCUT2D eigenvalue weighted by Crippen LogP contribution is 2.31. The Morgan fingerprint density at radius 1 is 0.897 bits per heavy atom. The number of carbonyl (C=O) groups is 3. The van der Waals surface area contributed by atoms with E-state index in [0.717, 1.165) is 0 Å². The molecular formula is C22H23FN2O4. The average molecular weight is 398 g/mol. The zero-order valence-corrected chi connectivity index (χ0v) is 16.1. The lowest BCUT2D eigenvalue weighted by Crippen LogP contribution is -2.32. The van der Waals surface area contributed by atoms with Gasteiger partial charge in [-0.1, -0.05) is 18.2 Å². The summed E-state index contributed by atoms with van der Waals surface area (Å²) >= 11 is 0. The second-order valence-corrected chi connectivity index (χ2v) is 7.08. The molecule has 29 heavy (non-hydrogen) atoms. The minimum absolute atomic E-state index is 0.139. The molecule has 2 aromatic rings. The molecule has 1 aliphatic carbocycles. The minimum atomic E-state index is -0.470. The molecule has 1 fully saturated rings. The summed E-state index contributed by atoms with van der Waals surface area (Å²) in [6, 6.07) is 12.6. The van der Waals surface area contributed by atoms with Gasteiger partial charge in [-0.2, -0.15) is 0 Å². The number of amides is 2. The number of rotatable bonds is 5. The van der Waals surface area contributed by atoms with Gasteiger partial charge in [-0.05, 0) is 56.0 Å². The van der Waals surface area contributed by atoms with E-state index in [1.807, 2.05) is 0 Å². The molecule has 0 aliphatic heterocycles. The van der Waals surface area contributed by atoms with E-state index in [4.69, 9.17) is 0 Å². The lowest BCUT2D eigenvalue weighted by Gasteiger charge is -2.27. The first kappa shape index (κ1) is 20.5. The van der Waals surface area contributed by atoms with Crippen LogP contribution in [-0.2, 0) is 14.3 Å². The van der Waals surface area contributed by atoms with Crippen LogP contribution in [0.5, 0.6) is 0 Å². The van der Waals surface area contributed by atoms with Crippen molar-refractivity contribution in [1.29, 1.82) is 0 Å². The smallest absolute Gasteiger partial charge is 0.337 e. The molecule has 0 aromatic heterocycles. The molecule has 2 amide bonds. The van der Waals surface area contributed by atoms with Gasteiger partial charge in [0.05, 0.1) is 18.4 Å². The average Bonchev–Trinajstić information content (AvgIpc) is 2.75. The van der Waals surface area contributed by atoms with E-state index in [0.29, 0.717) is 36.9 Å². The summed E-state index contributed by atoms with van der Waals surface area (Å²) < 4.78 is 18.4. The molecule has 7 heteroatoms. The molecule has 3 rings (SSSR count). The molecule has 0 radical (unpaired) electrons. The predicted octanol–water partition coefficient (Wildman–Crippen LogP) is 4.00. The summed E-state index contributed by atoms with van der Waals surface area (Å²) in [5.74, 6) is -1.76. The Morgan fingerprint density at radius 3 is 2.14 bits per heavy atom. The number of para-hydroxylation sites is 1. The number of benzene rings is 2. The van der Waals surface area contributed by atoms with E-state index in [1.54, 1.807) is 36.4 Å². The third kappa shape index (κ3) is 5.19. The van der Waals surface area contributed by atoms with Gasteiger partial charge < -0.3 is 15.4 Å². The van der Waals surface area contributed by atoms with Crippen LogP contribution >= 0.6 is 0 Å². The van der Waals surface area contributed by atoms with Gasteiger partial charge in [0.1, 0.15) is 5.82 Å². The van der Waals surface area contributed by atoms with Crippen molar-refractivity contribution in [3.8, 4) is 0 Å². The quantitative estimate of drug-likeness (QED) is 0.746. The first-order valence-electron chi connectivity index (χ1n) is 9.52. The van der Waals surface area contributed by atoms with E-state index in [1.165, 1.54) is 19.2 Å². The van der Waals surface area contributed by atoms with Crippen molar-refractivity contribution in [3.63, 3.8) is 0 Å². The van der Waals surface area contributed by atoms with Crippen LogP contribution in [0.2, 0.25) is 0 Å². The zero-order valence-electron chi connectivity index (χ0n) is 16.1. The number of hydrogen-bond donors (Lipinski definition) is 2. The highest BCUT2D eigenvalue weighted by Gasteiger charge is 2.30. The first-order chi connectivity index (χ1) is 14.0. The lowest BCUT2D eigenvalue weighted by atomic mass is 9.81. The molecule has 0 spiro atoms. The van der Waals surface area contributed by atoms with Crippen LogP contribution in [0.3, 0.4) is 0 Å². The number of nitrogens with one attached hydrogen (secondary N) is 2. The van der Waals surface area contributed by atoms with Gasteiger partial charge in [-0.15, -0.1) is 0 Å². The molecule has 0 heterocycles. The standard InChI is InChI=1S/C22H23FN2O4/c1-29-22(28)16-5-4-6-17(13-16)24-20(26)14-9-11-15(12-10-14)21(27)25-19-8-3-2-7-18(19)23/h2-8,13-15H,9-12H2,1H3,(H,24,26)(H,25,27). The van der Waals surface area contributed by atoms with Crippen LogP contribution in [0.25, 0.3) is 0 Å². The number of hydrogen-bond acceptors (Lipinski definition) is 4. The Bertz CT molecular complexity index is 907. The van der Waals surface area contributed by atoms with E-state index < -0.39 is 11.8 Å². The van der Waals surface area contributed by atoms with Gasteiger partial charge in [0.15, 0.2) is 0 Å². The van der Waals surface area contributed by atoms with Crippen LogP contribution in [0, 0.1) is 17.7 Å². The second kappa shape index (κ2) is 9.32. The maximum absolute atomic E-state index is 13.7. The summed E-state index contributed by atoms with van der Waals surface area (Å²) in [6.07, 6.45) is 2.25. The maximum Gasteiger partial charge on any atom is 0.337 e. The monoisotopic (exact) mass is 398 g/mol. The van der Waals surface area contributed by atoms with Crippen LogP contribution in [-0.4, -0.2) is 24.9 Å². The SMILES string of the molecule is COC(=O)c1cccc(NC(=O)C2CCC(C(=O)Nc3ccccc3F)CC2)c1. The molecule has 0 saturated heterocycles. The third-order valence-corrected chi connectivity index (χ3v) is 5.15. The fourth-order valence-corrected chi connectivity index (χ4v) is 3.50. The Labute approximate surface area is 168 Å². The van der Waals surface area contributed by atoms with E-state index in [9.17, 15) is 18.8 Å². The van der Waals surface area contributed by atoms with Crippen LogP contribution in [0.15, 0.2) is 48.5 Å². The fraction of sp³-hybridized carbons (Fsp3) is 0.318. The molecule has 0 bridgehead atoms. The second-order valence-electron chi connectivity index (χ2n) is 7.08. The van der Waals surface area contributed by atoms with Gasteiger partial charge in [0.2, 0.25) is 11.8 Å². The Morgan fingerprint density at radius 2 is 1.52 bits per heavy atom. The molecule has 2 N–H and O–H groups in total. The van der Waals surface area contributed by atoms with Gasteiger partial charge in [-0.25, -0.2) is 9.18 Å². The maximum atomic E-state index is 13.7. The van der Waals surface area contributed by atoms with Gasteiger partial charge in [-0.3, -0.25) is 9.59 Å². The zero-order chi connectivity index (χ0) is 20.8. The molecule has 1 aliphatic rings. The third-order valence-electron chi connectivity index (χ3n) is 5.15.